The summed E-state index contributed by atoms with van der Waals surface area (Å²) >= 11 is 1.56. The van der Waals surface area contributed by atoms with Crippen LogP contribution >= 0.6 is 11.3 Å². The Hall–Kier alpha value is -1.46. The number of aromatic nitrogens is 1. The Bertz CT molecular complexity index is 571. The summed E-state index contributed by atoms with van der Waals surface area (Å²) in [7, 11) is 1.46. The monoisotopic (exact) mass is 294 g/mol. The first-order chi connectivity index (χ1) is 9.65. The molecule has 2 rings (SSSR count). The van der Waals surface area contributed by atoms with Crippen LogP contribution in [0.3, 0.4) is 0 Å². The second kappa shape index (κ2) is 6.81. The first-order valence-electron chi connectivity index (χ1n) is 6.68. The second-order valence-corrected chi connectivity index (χ2v) is 5.46. The molecule has 1 aromatic heterocycles. The van der Waals surface area contributed by atoms with Crippen LogP contribution in [-0.2, 0) is 0 Å². The maximum atomic E-state index is 13.4. The van der Waals surface area contributed by atoms with E-state index in [2.05, 4.69) is 24.1 Å². The number of rotatable bonds is 6. The molecular weight excluding hydrogens is 275 g/mol. The zero-order chi connectivity index (χ0) is 14.5. The van der Waals surface area contributed by atoms with Crippen molar-refractivity contribution in [2.24, 2.45) is 0 Å². The van der Waals surface area contributed by atoms with Crippen molar-refractivity contribution in [1.82, 2.24) is 10.3 Å². The van der Waals surface area contributed by atoms with Crippen LogP contribution in [0.15, 0.2) is 23.6 Å². The van der Waals surface area contributed by atoms with Gasteiger partial charge in [-0.15, -0.1) is 11.3 Å². The quantitative estimate of drug-likeness (QED) is 0.873. The summed E-state index contributed by atoms with van der Waals surface area (Å²) in [5, 5.41) is 6.32. The maximum Gasteiger partial charge on any atom is 0.165 e. The van der Waals surface area contributed by atoms with E-state index >= 15 is 0 Å². The number of halogens is 1. The van der Waals surface area contributed by atoms with Gasteiger partial charge in [0.1, 0.15) is 5.01 Å². The number of ether oxygens (including phenoxy) is 1. The predicted octanol–water partition coefficient (Wildman–Crippen LogP) is 4.02. The molecule has 1 unspecified atom stereocenters. The SMILES string of the molecule is CCCNC(C)c1csc(-c2ccc(F)c(OC)c2)n1. The Kier molecular flexibility index (Phi) is 5.09. The third-order valence-corrected chi connectivity index (χ3v) is 3.97. The lowest BCUT2D eigenvalue weighted by atomic mass is 10.2. The van der Waals surface area contributed by atoms with E-state index in [0.29, 0.717) is 0 Å². The van der Waals surface area contributed by atoms with E-state index in [1.807, 2.05) is 5.38 Å². The van der Waals surface area contributed by atoms with Gasteiger partial charge in [-0.1, -0.05) is 6.92 Å². The van der Waals surface area contributed by atoms with Gasteiger partial charge in [0, 0.05) is 17.0 Å². The molecule has 0 radical (unpaired) electrons. The highest BCUT2D eigenvalue weighted by atomic mass is 32.1. The largest absolute Gasteiger partial charge is 0.494 e. The molecule has 20 heavy (non-hydrogen) atoms. The van der Waals surface area contributed by atoms with Crippen LogP contribution in [0, 0.1) is 5.82 Å². The van der Waals surface area contributed by atoms with E-state index in [1.165, 1.54) is 13.2 Å². The van der Waals surface area contributed by atoms with Gasteiger partial charge in [-0.25, -0.2) is 9.37 Å². The molecule has 1 atom stereocenters. The molecule has 0 saturated carbocycles. The fourth-order valence-electron chi connectivity index (χ4n) is 1.88. The highest BCUT2D eigenvalue weighted by Gasteiger charge is 2.12. The van der Waals surface area contributed by atoms with Crippen molar-refractivity contribution < 1.29 is 9.13 Å². The van der Waals surface area contributed by atoms with Crippen molar-refractivity contribution in [1.29, 1.82) is 0 Å². The molecule has 1 N–H and O–H groups in total. The lowest BCUT2D eigenvalue weighted by molar-refractivity contribution is 0.387. The van der Waals surface area contributed by atoms with Gasteiger partial charge >= 0.3 is 0 Å². The molecule has 0 amide bonds. The van der Waals surface area contributed by atoms with E-state index in [-0.39, 0.29) is 17.6 Å². The number of benzene rings is 1. The Labute approximate surface area is 122 Å². The smallest absolute Gasteiger partial charge is 0.165 e. The van der Waals surface area contributed by atoms with Crippen LogP contribution in [0.25, 0.3) is 10.6 Å². The van der Waals surface area contributed by atoms with Crippen molar-refractivity contribution in [3.8, 4) is 16.3 Å². The standard InChI is InChI=1S/C15H19FN2OS/c1-4-7-17-10(2)13-9-20-15(18-13)11-5-6-12(16)14(8-11)19-3/h5-6,8-10,17H,4,7H2,1-3H3. The zero-order valence-electron chi connectivity index (χ0n) is 11.9. The Morgan fingerprint density at radius 1 is 1.45 bits per heavy atom. The Morgan fingerprint density at radius 2 is 2.25 bits per heavy atom. The molecule has 0 aliphatic rings. The van der Waals surface area contributed by atoms with Gasteiger partial charge in [-0.2, -0.15) is 0 Å². The highest BCUT2D eigenvalue weighted by Crippen LogP contribution is 2.30. The van der Waals surface area contributed by atoms with E-state index in [0.717, 1.165) is 29.2 Å². The summed E-state index contributed by atoms with van der Waals surface area (Å²) in [5.41, 5.74) is 1.89. The molecule has 5 heteroatoms. The molecule has 0 aliphatic carbocycles. The molecule has 1 aromatic carbocycles. The summed E-state index contributed by atoms with van der Waals surface area (Å²) in [5.74, 6) is -0.109. The molecular formula is C15H19FN2OS. The van der Waals surface area contributed by atoms with Crippen LogP contribution in [0.1, 0.15) is 32.0 Å². The summed E-state index contributed by atoms with van der Waals surface area (Å²) in [4.78, 5) is 4.62. The molecule has 0 saturated heterocycles. The average Bonchev–Trinajstić information content (AvgIpc) is 2.95. The van der Waals surface area contributed by atoms with Gasteiger partial charge in [-0.3, -0.25) is 0 Å². The Morgan fingerprint density at radius 3 is 2.95 bits per heavy atom. The number of nitrogens with zero attached hydrogens (tertiary/aromatic N) is 1. The number of nitrogens with one attached hydrogen (secondary N) is 1. The van der Waals surface area contributed by atoms with Crippen molar-refractivity contribution in [3.63, 3.8) is 0 Å². The minimum absolute atomic E-state index is 0.224. The molecule has 0 spiro atoms. The first kappa shape index (κ1) is 14.9. The van der Waals surface area contributed by atoms with Gasteiger partial charge in [-0.05, 0) is 38.1 Å². The van der Waals surface area contributed by atoms with E-state index in [9.17, 15) is 4.39 Å². The van der Waals surface area contributed by atoms with Crippen LogP contribution in [-0.4, -0.2) is 18.6 Å². The number of hydrogen-bond acceptors (Lipinski definition) is 4. The molecule has 2 aromatic rings. The van der Waals surface area contributed by atoms with Gasteiger partial charge < -0.3 is 10.1 Å². The van der Waals surface area contributed by atoms with Crippen molar-refractivity contribution in [2.45, 2.75) is 26.3 Å². The minimum atomic E-state index is -0.356. The van der Waals surface area contributed by atoms with Crippen molar-refractivity contribution in [2.75, 3.05) is 13.7 Å². The second-order valence-electron chi connectivity index (χ2n) is 4.60. The van der Waals surface area contributed by atoms with E-state index < -0.39 is 0 Å². The maximum absolute atomic E-state index is 13.4. The lowest BCUT2D eigenvalue weighted by Crippen LogP contribution is -2.19. The summed E-state index contributed by atoms with van der Waals surface area (Å²) in [6.07, 6.45) is 1.09. The van der Waals surface area contributed by atoms with E-state index in [4.69, 9.17) is 4.74 Å². The summed E-state index contributed by atoms with van der Waals surface area (Å²) in [6, 6.07) is 5.04. The van der Waals surface area contributed by atoms with Crippen molar-refractivity contribution >= 4 is 11.3 Å². The highest BCUT2D eigenvalue weighted by molar-refractivity contribution is 7.13. The number of thiazole rings is 1. The molecule has 0 fully saturated rings. The average molecular weight is 294 g/mol. The third kappa shape index (κ3) is 3.35. The lowest BCUT2D eigenvalue weighted by Gasteiger charge is -2.09. The predicted molar refractivity (Wildman–Crippen MR) is 80.8 cm³/mol. The van der Waals surface area contributed by atoms with Gasteiger partial charge in [0.2, 0.25) is 0 Å². The van der Waals surface area contributed by atoms with E-state index in [1.54, 1.807) is 23.5 Å². The van der Waals surface area contributed by atoms with Crippen LogP contribution in [0.4, 0.5) is 4.39 Å². The fraction of sp³-hybridized carbons (Fsp3) is 0.400. The molecule has 1 heterocycles. The van der Waals surface area contributed by atoms with Crippen LogP contribution in [0.5, 0.6) is 5.75 Å². The number of methoxy groups -OCH3 is 1. The third-order valence-electron chi connectivity index (χ3n) is 3.06. The van der Waals surface area contributed by atoms with Gasteiger partial charge in [0.05, 0.1) is 12.8 Å². The normalized spacial score (nSPS) is 12.4. The number of hydrogen-bond donors (Lipinski definition) is 1. The summed E-state index contributed by atoms with van der Waals surface area (Å²) < 4.78 is 18.4. The van der Waals surface area contributed by atoms with Crippen molar-refractivity contribution in [3.05, 3.63) is 35.1 Å². The molecule has 3 nitrogen and oxygen atoms in total. The first-order valence-corrected chi connectivity index (χ1v) is 7.56. The minimum Gasteiger partial charge on any atom is -0.494 e. The topological polar surface area (TPSA) is 34.1 Å². The Balaban J connectivity index is 2.20. The van der Waals surface area contributed by atoms with Gasteiger partial charge in [0.15, 0.2) is 11.6 Å². The van der Waals surface area contributed by atoms with Crippen LogP contribution in [0.2, 0.25) is 0 Å². The van der Waals surface area contributed by atoms with Crippen LogP contribution < -0.4 is 10.1 Å². The molecule has 0 bridgehead atoms. The zero-order valence-corrected chi connectivity index (χ0v) is 12.8. The summed E-state index contributed by atoms with van der Waals surface area (Å²) in [6.45, 7) is 5.20. The molecule has 108 valence electrons. The molecule has 0 aliphatic heterocycles. The van der Waals surface area contributed by atoms with Gasteiger partial charge in [0.25, 0.3) is 0 Å². The fourth-order valence-corrected chi connectivity index (χ4v) is 2.79.